The molecule has 0 heterocycles. The van der Waals surface area contributed by atoms with Crippen molar-refractivity contribution in [2.45, 2.75) is 13.0 Å². The van der Waals surface area contributed by atoms with Crippen LogP contribution in [0.5, 0.6) is 0 Å². The zero-order chi connectivity index (χ0) is 12.1. The van der Waals surface area contributed by atoms with Gasteiger partial charge < -0.3 is 9.84 Å². The number of aliphatic hydroxyl groups excluding tert-OH is 1. The zero-order valence-corrected chi connectivity index (χ0v) is 9.45. The Morgan fingerprint density at radius 1 is 1.12 bits per heavy atom. The molecule has 0 saturated carbocycles. The highest BCUT2D eigenvalue weighted by Gasteiger charge is 1.96. The molecule has 0 fully saturated rings. The summed E-state index contributed by atoms with van der Waals surface area (Å²) < 4.78 is 4.90. The van der Waals surface area contributed by atoms with E-state index in [0.717, 1.165) is 0 Å². The predicted octanol–water partition coefficient (Wildman–Crippen LogP) is 1.14. The van der Waals surface area contributed by atoms with Crippen molar-refractivity contribution in [1.29, 1.82) is 0 Å². The standard InChI is InChI=1S/C14H14O2/c1-3-4-5-6-7-8-9-10-11-12-14(13-15)16-2/h3-4,11-12,14-15H,13H2,1-2H3/b4-3+,12-11+/t14-/m1/s1. The lowest BCUT2D eigenvalue weighted by Gasteiger charge is -2.03. The number of aliphatic hydroxyl groups is 1. The van der Waals surface area contributed by atoms with Gasteiger partial charge in [-0.05, 0) is 48.8 Å². The summed E-state index contributed by atoms with van der Waals surface area (Å²) in [6.45, 7) is 1.83. The molecule has 0 spiro atoms. The highest BCUT2D eigenvalue weighted by molar-refractivity contribution is 5.39. The van der Waals surface area contributed by atoms with Crippen molar-refractivity contribution >= 4 is 0 Å². The van der Waals surface area contributed by atoms with E-state index in [2.05, 4.69) is 35.5 Å². The van der Waals surface area contributed by atoms with Gasteiger partial charge in [-0.1, -0.05) is 17.9 Å². The predicted molar refractivity (Wildman–Crippen MR) is 65.2 cm³/mol. The molecular formula is C14H14O2. The molecule has 0 saturated heterocycles. The Balaban J connectivity index is 4.09. The first-order chi connectivity index (χ1) is 7.85. The number of hydrogen-bond donors (Lipinski definition) is 1. The van der Waals surface area contributed by atoms with E-state index < -0.39 is 0 Å². The molecule has 16 heavy (non-hydrogen) atoms. The van der Waals surface area contributed by atoms with Gasteiger partial charge in [0.2, 0.25) is 0 Å². The van der Waals surface area contributed by atoms with E-state index in [1.807, 2.05) is 13.0 Å². The normalized spacial score (nSPS) is 10.9. The lowest BCUT2D eigenvalue weighted by molar-refractivity contribution is 0.0820. The molecule has 0 radical (unpaired) electrons. The van der Waals surface area contributed by atoms with E-state index in [4.69, 9.17) is 9.84 Å². The van der Waals surface area contributed by atoms with Crippen LogP contribution in [0, 0.1) is 35.5 Å². The third kappa shape index (κ3) is 8.67. The summed E-state index contributed by atoms with van der Waals surface area (Å²) in [5.41, 5.74) is 0. The molecule has 0 aliphatic rings. The van der Waals surface area contributed by atoms with Gasteiger partial charge >= 0.3 is 0 Å². The van der Waals surface area contributed by atoms with E-state index in [9.17, 15) is 0 Å². The lowest BCUT2D eigenvalue weighted by Crippen LogP contribution is -2.11. The molecule has 2 heteroatoms. The van der Waals surface area contributed by atoms with Crippen LogP contribution in [0.1, 0.15) is 6.92 Å². The Hall–Kier alpha value is -1.92. The first-order valence-corrected chi connectivity index (χ1v) is 4.77. The summed E-state index contributed by atoms with van der Waals surface area (Å²) in [6.07, 6.45) is 6.50. The van der Waals surface area contributed by atoms with Crippen molar-refractivity contribution < 1.29 is 9.84 Å². The second kappa shape index (κ2) is 11.2. The number of rotatable bonds is 3. The van der Waals surface area contributed by atoms with Gasteiger partial charge in [0.25, 0.3) is 0 Å². The Kier molecular flexibility index (Phi) is 9.82. The fourth-order valence-electron chi connectivity index (χ4n) is 0.671. The minimum absolute atomic E-state index is 0.0603. The van der Waals surface area contributed by atoms with Crippen LogP contribution in [0.3, 0.4) is 0 Å². The lowest BCUT2D eigenvalue weighted by atomic mass is 10.3. The molecule has 1 N–H and O–H groups in total. The van der Waals surface area contributed by atoms with Crippen LogP contribution >= 0.6 is 0 Å². The van der Waals surface area contributed by atoms with E-state index in [0.29, 0.717) is 0 Å². The maximum atomic E-state index is 8.77. The third-order valence-corrected chi connectivity index (χ3v) is 1.46. The van der Waals surface area contributed by atoms with Crippen molar-refractivity contribution in [3.63, 3.8) is 0 Å². The monoisotopic (exact) mass is 214 g/mol. The molecule has 0 rings (SSSR count). The molecule has 0 unspecified atom stereocenters. The molecule has 2 nitrogen and oxygen atoms in total. The maximum Gasteiger partial charge on any atom is 0.0991 e. The second-order valence-electron chi connectivity index (χ2n) is 2.60. The molecule has 0 aliphatic carbocycles. The summed E-state index contributed by atoms with van der Waals surface area (Å²) in [5.74, 6) is 15.8. The minimum Gasteiger partial charge on any atom is -0.393 e. The largest absolute Gasteiger partial charge is 0.393 e. The number of methoxy groups -OCH3 is 1. The quantitative estimate of drug-likeness (QED) is 0.714. The molecule has 0 aromatic heterocycles. The molecule has 0 aliphatic heterocycles. The second-order valence-corrected chi connectivity index (χ2v) is 2.60. The molecule has 0 bridgehead atoms. The first-order valence-electron chi connectivity index (χ1n) is 4.77. The van der Waals surface area contributed by atoms with Gasteiger partial charge in [-0.15, -0.1) is 0 Å². The summed E-state index contributed by atoms with van der Waals surface area (Å²) >= 11 is 0. The Labute approximate surface area is 97.0 Å². The van der Waals surface area contributed by atoms with Crippen molar-refractivity contribution in [2.75, 3.05) is 13.7 Å². The van der Waals surface area contributed by atoms with Gasteiger partial charge in [-0.3, -0.25) is 0 Å². The fraction of sp³-hybridized carbons (Fsp3) is 0.286. The first kappa shape index (κ1) is 14.1. The molecular weight excluding hydrogens is 200 g/mol. The number of ether oxygens (including phenoxy) is 1. The highest BCUT2D eigenvalue weighted by atomic mass is 16.5. The highest BCUT2D eigenvalue weighted by Crippen LogP contribution is 1.88. The molecule has 1 atom stereocenters. The van der Waals surface area contributed by atoms with Crippen LogP contribution in [0.25, 0.3) is 0 Å². The minimum atomic E-state index is -0.309. The molecule has 0 aromatic carbocycles. The van der Waals surface area contributed by atoms with Crippen molar-refractivity contribution in [1.82, 2.24) is 0 Å². The molecule has 82 valence electrons. The Morgan fingerprint density at radius 2 is 1.75 bits per heavy atom. The van der Waals surface area contributed by atoms with Gasteiger partial charge in [0.05, 0.1) is 12.7 Å². The average Bonchev–Trinajstić information content (AvgIpc) is 2.32. The summed E-state index contributed by atoms with van der Waals surface area (Å²) in [6, 6.07) is 0. The Bertz CT molecular complexity index is 407. The van der Waals surface area contributed by atoms with Crippen molar-refractivity contribution in [2.24, 2.45) is 0 Å². The third-order valence-electron chi connectivity index (χ3n) is 1.46. The van der Waals surface area contributed by atoms with Crippen LogP contribution in [0.15, 0.2) is 24.3 Å². The van der Waals surface area contributed by atoms with Crippen LogP contribution < -0.4 is 0 Å². The number of hydrogen-bond acceptors (Lipinski definition) is 2. The SMILES string of the molecule is C/C=C/C#CC#CC#C/C=C/[C@H](CO)OC. The van der Waals surface area contributed by atoms with E-state index in [1.54, 1.807) is 18.2 Å². The van der Waals surface area contributed by atoms with Crippen LogP contribution in [0.2, 0.25) is 0 Å². The van der Waals surface area contributed by atoms with E-state index in [-0.39, 0.29) is 12.7 Å². The van der Waals surface area contributed by atoms with E-state index in [1.165, 1.54) is 7.11 Å². The van der Waals surface area contributed by atoms with Gasteiger partial charge in [0.1, 0.15) is 0 Å². The van der Waals surface area contributed by atoms with Crippen molar-refractivity contribution in [3.05, 3.63) is 24.3 Å². The van der Waals surface area contributed by atoms with Gasteiger partial charge in [0.15, 0.2) is 0 Å². The molecule has 0 amide bonds. The maximum absolute atomic E-state index is 8.77. The van der Waals surface area contributed by atoms with Gasteiger partial charge in [-0.25, -0.2) is 0 Å². The Morgan fingerprint density at radius 3 is 2.25 bits per heavy atom. The number of allylic oxidation sites excluding steroid dienone is 3. The van der Waals surface area contributed by atoms with Gasteiger partial charge in [-0.2, -0.15) is 0 Å². The summed E-state index contributed by atoms with van der Waals surface area (Å²) in [7, 11) is 1.52. The smallest absolute Gasteiger partial charge is 0.0991 e. The van der Waals surface area contributed by atoms with Crippen LogP contribution in [-0.2, 0) is 4.74 Å². The molecule has 0 aromatic rings. The average molecular weight is 214 g/mol. The summed E-state index contributed by atoms with van der Waals surface area (Å²) in [5, 5.41) is 8.77. The summed E-state index contributed by atoms with van der Waals surface area (Å²) in [4.78, 5) is 0. The van der Waals surface area contributed by atoms with E-state index >= 15 is 0 Å². The zero-order valence-electron chi connectivity index (χ0n) is 9.45. The van der Waals surface area contributed by atoms with Gasteiger partial charge in [0, 0.05) is 7.11 Å². The fourth-order valence-corrected chi connectivity index (χ4v) is 0.671. The van der Waals surface area contributed by atoms with Crippen LogP contribution in [0.4, 0.5) is 0 Å². The van der Waals surface area contributed by atoms with Crippen LogP contribution in [-0.4, -0.2) is 24.9 Å². The topological polar surface area (TPSA) is 29.5 Å². The van der Waals surface area contributed by atoms with Crippen molar-refractivity contribution in [3.8, 4) is 35.5 Å².